The lowest BCUT2D eigenvalue weighted by atomic mass is 9.68. The molecule has 1 atom stereocenters. The molecule has 0 amide bonds. The van der Waals surface area contributed by atoms with Crippen LogP contribution in [-0.4, -0.2) is 23.5 Å². The number of esters is 1. The molecule has 1 aromatic carbocycles. The van der Waals surface area contributed by atoms with E-state index >= 15 is 0 Å². The summed E-state index contributed by atoms with van der Waals surface area (Å²) in [5, 5.41) is 13.4. The molecule has 2 N–H and O–H groups in total. The van der Waals surface area contributed by atoms with Crippen LogP contribution in [0.1, 0.15) is 71.3 Å². The number of Topliss-reactive ketones (excluding diaryl/α,β-unsaturated/α-hetero) is 1. The molecule has 0 bridgehead atoms. The molecule has 2 aliphatic rings. The van der Waals surface area contributed by atoms with Crippen molar-refractivity contribution in [3.8, 4) is 5.75 Å². The largest absolute Gasteiger partial charge is 0.508 e. The van der Waals surface area contributed by atoms with Crippen LogP contribution in [0.3, 0.4) is 0 Å². The van der Waals surface area contributed by atoms with E-state index < -0.39 is 11.9 Å². The highest BCUT2D eigenvalue weighted by molar-refractivity contribution is 6.04. The molecule has 1 aromatic rings. The summed E-state index contributed by atoms with van der Waals surface area (Å²) in [7, 11) is 0. The van der Waals surface area contributed by atoms with Crippen LogP contribution < -0.4 is 5.32 Å². The van der Waals surface area contributed by atoms with Gasteiger partial charge in [0.1, 0.15) is 5.75 Å². The predicted octanol–water partition coefficient (Wildman–Crippen LogP) is 4.73. The topological polar surface area (TPSA) is 75.6 Å². The first-order valence-electron chi connectivity index (χ1n) is 10.4. The number of benzene rings is 1. The molecule has 0 saturated heterocycles. The normalized spacial score (nSPS) is 21.0. The third kappa shape index (κ3) is 4.55. The Bertz CT molecular complexity index is 879. The number of nitrogens with one attached hydrogen (secondary N) is 1. The van der Waals surface area contributed by atoms with Gasteiger partial charge in [0.2, 0.25) is 0 Å². The summed E-state index contributed by atoms with van der Waals surface area (Å²) in [6.45, 7) is 8.48. The Morgan fingerprint density at radius 1 is 1.28 bits per heavy atom. The van der Waals surface area contributed by atoms with E-state index in [1.165, 1.54) is 0 Å². The van der Waals surface area contributed by atoms with Crippen LogP contribution in [0.2, 0.25) is 0 Å². The minimum atomic E-state index is -0.527. The lowest BCUT2D eigenvalue weighted by molar-refractivity contribution is -0.139. The van der Waals surface area contributed by atoms with Crippen LogP contribution in [-0.2, 0) is 14.3 Å². The number of phenols is 1. The number of allylic oxidation sites excluding steroid dienone is 3. The average molecular weight is 398 g/mol. The molecule has 0 saturated carbocycles. The van der Waals surface area contributed by atoms with Crippen molar-refractivity contribution in [1.82, 2.24) is 5.32 Å². The van der Waals surface area contributed by atoms with Crippen molar-refractivity contribution in [3.63, 3.8) is 0 Å². The Kier molecular flexibility index (Phi) is 6.15. The van der Waals surface area contributed by atoms with Gasteiger partial charge in [-0.2, -0.15) is 0 Å². The van der Waals surface area contributed by atoms with Crippen molar-refractivity contribution in [1.29, 1.82) is 0 Å². The summed E-state index contributed by atoms with van der Waals surface area (Å²) in [5.74, 6) is -0.773. The van der Waals surface area contributed by atoms with Crippen LogP contribution >= 0.6 is 0 Å². The number of unbranched alkanes of at least 4 members (excludes halogenated alkanes) is 2. The Hall–Kier alpha value is -2.56. The second kappa shape index (κ2) is 8.44. The Morgan fingerprint density at radius 2 is 2.03 bits per heavy atom. The van der Waals surface area contributed by atoms with Crippen LogP contribution in [0, 0.1) is 5.41 Å². The molecule has 0 aromatic heterocycles. The van der Waals surface area contributed by atoms with Crippen LogP contribution in [0.25, 0.3) is 0 Å². The molecule has 5 heteroatoms. The molecule has 0 radical (unpaired) electrons. The van der Waals surface area contributed by atoms with Gasteiger partial charge in [0.25, 0.3) is 0 Å². The van der Waals surface area contributed by atoms with Gasteiger partial charge in [0.15, 0.2) is 5.78 Å². The highest BCUT2D eigenvalue weighted by Gasteiger charge is 2.43. The molecular formula is C24H31NO4. The molecule has 1 unspecified atom stereocenters. The van der Waals surface area contributed by atoms with Crippen molar-refractivity contribution in [2.45, 2.75) is 65.7 Å². The SMILES string of the molecule is CCCCCOC(=O)C1=C(C)NC2=C(C(=O)CC(C)(C)C2)C1c1cccc(O)c1. The Morgan fingerprint density at radius 3 is 2.72 bits per heavy atom. The van der Waals surface area contributed by atoms with E-state index in [9.17, 15) is 14.7 Å². The van der Waals surface area contributed by atoms with Crippen molar-refractivity contribution < 1.29 is 19.4 Å². The number of hydrogen-bond donors (Lipinski definition) is 2. The van der Waals surface area contributed by atoms with E-state index in [0.29, 0.717) is 29.9 Å². The van der Waals surface area contributed by atoms with E-state index in [2.05, 4.69) is 26.1 Å². The summed E-state index contributed by atoms with van der Waals surface area (Å²) < 4.78 is 5.56. The summed E-state index contributed by atoms with van der Waals surface area (Å²) >= 11 is 0. The number of carbonyl (C=O) groups is 2. The fraction of sp³-hybridized carbons (Fsp3) is 0.500. The predicted molar refractivity (Wildman–Crippen MR) is 112 cm³/mol. The minimum absolute atomic E-state index is 0.0425. The Labute approximate surface area is 172 Å². The summed E-state index contributed by atoms with van der Waals surface area (Å²) in [6.07, 6.45) is 4.04. The van der Waals surface area contributed by atoms with Gasteiger partial charge < -0.3 is 15.2 Å². The lowest BCUT2D eigenvalue weighted by Gasteiger charge is -2.39. The van der Waals surface area contributed by atoms with Gasteiger partial charge in [-0.05, 0) is 42.9 Å². The molecule has 29 heavy (non-hydrogen) atoms. The monoisotopic (exact) mass is 397 g/mol. The van der Waals surface area contributed by atoms with Gasteiger partial charge in [-0.3, -0.25) is 4.79 Å². The van der Waals surface area contributed by atoms with Crippen LogP contribution in [0.5, 0.6) is 5.75 Å². The summed E-state index contributed by atoms with van der Waals surface area (Å²) in [5.41, 5.74) is 3.26. The summed E-state index contributed by atoms with van der Waals surface area (Å²) in [4.78, 5) is 26.2. The first-order valence-corrected chi connectivity index (χ1v) is 10.4. The number of carbonyl (C=O) groups excluding carboxylic acids is 2. The molecule has 1 aliphatic heterocycles. The second-order valence-electron chi connectivity index (χ2n) is 8.87. The summed E-state index contributed by atoms with van der Waals surface area (Å²) in [6, 6.07) is 6.81. The zero-order valence-electron chi connectivity index (χ0n) is 17.8. The van der Waals surface area contributed by atoms with Gasteiger partial charge in [-0.1, -0.05) is 45.7 Å². The number of rotatable bonds is 6. The van der Waals surface area contributed by atoms with Gasteiger partial charge in [0.05, 0.1) is 12.2 Å². The smallest absolute Gasteiger partial charge is 0.336 e. The standard InChI is InChI=1S/C24H31NO4/c1-5-6-7-11-29-23(28)20-15(2)25-18-13-24(3,4)14-19(27)22(18)21(20)16-9-8-10-17(26)12-16/h8-10,12,21,25-26H,5-7,11,13-14H2,1-4H3. The Balaban J connectivity index is 2.03. The number of phenolic OH excluding ortho intramolecular Hbond substituents is 1. The molecule has 5 nitrogen and oxygen atoms in total. The molecule has 1 aliphatic carbocycles. The fourth-order valence-corrected chi connectivity index (χ4v) is 4.34. The van der Waals surface area contributed by atoms with Crippen molar-refractivity contribution in [2.75, 3.05) is 6.61 Å². The molecular weight excluding hydrogens is 366 g/mol. The number of ketones is 1. The third-order valence-electron chi connectivity index (χ3n) is 5.64. The van der Waals surface area contributed by atoms with Gasteiger partial charge >= 0.3 is 5.97 Å². The number of hydrogen-bond acceptors (Lipinski definition) is 5. The zero-order valence-corrected chi connectivity index (χ0v) is 17.8. The van der Waals surface area contributed by atoms with Gasteiger partial charge in [-0.25, -0.2) is 4.79 Å². The molecule has 0 spiro atoms. The second-order valence-corrected chi connectivity index (χ2v) is 8.87. The molecule has 3 rings (SSSR count). The number of ether oxygens (including phenoxy) is 1. The lowest BCUT2D eigenvalue weighted by Crippen LogP contribution is -2.38. The maximum atomic E-state index is 13.2. The van der Waals surface area contributed by atoms with Gasteiger partial charge in [0, 0.05) is 29.3 Å². The minimum Gasteiger partial charge on any atom is -0.508 e. The first-order chi connectivity index (χ1) is 13.7. The molecule has 0 fully saturated rings. The van der Waals surface area contributed by atoms with Crippen LogP contribution in [0.4, 0.5) is 0 Å². The maximum absolute atomic E-state index is 13.2. The van der Waals surface area contributed by atoms with E-state index in [-0.39, 0.29) is 16.9 Å². The van der Waals surface area contributed by atoms with E-state index in [0.717, 1.165) is 36.9 Å². The van der Waals surface area contributed by atoms with Crippen molar-refractivity contribution >= 4 is 11.8 Å². The number of dihydropyridines is 1. The third-order valence-corrected chi connectivity index (χ3v) is 5.64. The first kappa shape index (κ1) is 21.2. The number of aromatic hydroxyl groups is 1. The van der Waals surface area contributed by atoms with Crippen molar-refractivity contribution in [2.24, 2.45) is 5.41 Å². The fourth-order valence-electron chi connectivity index (χ4n) is 4.34. The zero-order chi connectivity index (χ0) is 21.2. The highest BCUT2D eigenvalue weighted by atomic mass is 16.5. The van der Waals surface area contributed by atoms with Gasteiger partial charge in [-0.15, -0.1) is 0 Å². The highest BCUT2D eigenvalue weighted by Crippen LogP contribution is 2.47. The van der Waals surface area contributed by atoms with Crippen molar-refractivity contribution in [3.05, 3.63) is 52.4 Å². The quantitative estimate of drug-likeness (QED) is 0.536. The van der Waals surface area contributed by atoms with Crippen LogP contribution in [0.15, 0.2) is 46.8 Å². The van der Waals surface area contributed by atoms with E-state index in [1.54, 1.807) is 18.2 Å². The average Bonchev–Trinajstić information content (AvgIpc) is 2.63. The van der Waals surface area contributed by atoms with E-state index in [4.69, 9.17) is 4.74 Å². The maximum Gasteiger partial charge on any atom is 0.336 e. The van der Waals surface area contributed by atoms with E-state index in [1.807, 2.05) is 13.0 Å². The molecule has 1 heterocycles. The molecule has 156 valence electrons.